The lowest BCUT2D eigenvalue weighted by Gasteiger charge is -1.95. The second-order valence-corrected chi connectivity index (χ2v) is 3.40. The van der Waals surface area contributed by atoms with E-state index in [0.29, 0.717) is 0 Å². The van der Waals surface area contributed by atoms with Crippen molar-refractivity contribution in [3.05, 3.63) is 42.6 Å². The van der Waals surface area contributed by atoms with Crippen LogP contribution in [0.15, 0.2) is 42.6 Å². The summed E-state index contributed by atoms with van der Waals surface area (Å²) in [5, 5.41) is 6.65. The van der Waals surface area contributed by atoms with E-state index in [0.717, 1.165) is 10.9 Å². The highest BCUT2D eigenvalue weighted by molar-refractivity contribution is 6.05. The summed E-state index contributed by atoms with van der Waals surface area (Å²) in [6.45, 7) is 0. The van der Waals surface area contributed by atoms with Gasteiger partial charge in [-0.15, -0.1) is 0 Å². The molecule has 3 rings (SSSR count). The minimum Gasteiger partial charge on any atom is -0.199 e. The van der Waals surface area contributed by atoms with Gasteiger partial charge in [0.25, 0.3) is 0 Å². The standard InChI is InChI=1S/C11H8BN2/c12-14-7-9-6-5-8-3-1-2-4-10(8)11(9)13-14/h1-7,13H/q+1. The van der Waals surface area contributed by atoms with Crippen molar-refractivity contribution in [2.75, 3.05) is 0 Å². The molecule has 1 aromatic heterocycles. The first-order valence-electron chi connectivity index (χ1n) is 4.52. The Morgan fingerprint density at radius 1 is 1.00 bits per heavy atom. The van der Waals surface area contributed by atoms with E-state index in [9.17, 15) is 0 Å². The molecule has 0 unspecified atom stereocenters. The van der Waals surface area contributed by atoms with Crippen LogP contribution >= 0.6 is 0 Å². The molecule has 2 radical (unpaired) electrons. The molecule has 0 saturated carbocycles. The number of nitrogens with zero attached hydrogens (tertiary/aromatic N) is 1. The number of nitrogens with one attached hydrogen (secondary N) is 1. The average molecular weight is 179 g/mol. The van der Waals surface area contributed by atoms with E-state index in [1.54, 1.807) is 0 Å². The predicted octanol–water partition coefficient (Wildman–Crippen LogP) is 1.54. The zero-order valence-electron chi connectivity index (χ0n) is 7.57. The van der Waals surface area contributed by atoms with Crippen LogP contribution in [-0.4, -0.2) is 13.1 Å². The Bertz CT molecular complexity index is 613. The third-order valence-electron chi connectivity index (χ3n) is 2.48. The molecule has 0 amide bonds. The maximum Gasteiger partial charge on any atom is 0.614 e. The topological polar surface area (TPSA) is 19.7 Å². The van der Waals surface area contributed by atoms with Crippen LogP contribution in [0.1, 0.15) is 0 Å². The van der Waals surface area contributed by atoms with Crippen molar-refractivity contribution in [3.63, 3.8) is 0 Å². The first-order chi connectivity index (χ1) is 6.84. The van der Waals surface area contributed by atoms with E-state index in [1.165, 1.54) is 15.4 Å². The Morgan fingerprint density at radius 3 is 2.71 bits per heavy atom. The van der Waals surface area contributed by atoms with E-state index in [2.05, 4.69) is 29.4 Å². The fourth-order valence-corrected chi connectivity index (χ4v) is 1.83. The van der Waals surface area contributed by atoms with Crippen molar-refractivity contribution in [2.24, 2.45) is 0 Å². The van der Waals surface area contributed by atoms with Crippen LogP contribution in [0.4, 0.5) is 0 Å². The minimum atomic E-state index is 1.09. The monoisotopic (exact) mass is 179 g/mol. The summed E-state index contributed by atoms with van der Waals surface area (Å²) in [5.41, 5.74) is 1.09. The zero-order valence-corrected chi connectivity index (χ0v) is 7.57. The maximum atomic E-state index is 5.64. The number of hydrogen-bond acceptors (Lipinski definition) is 0. The Kier molecular flexibility index (Phi) is 1.42. The van der Waals surface area contributed by atoms with Gasteiger partial charge >= 0.3 is 7.98 Å². The summed E-state index contributed by atoms with van der Waals surface area (Å²) in [4.78, 5) is 0. The molecule has 14 heavy (non-hydrogen) atoms. The molecule has 0 aliphatic rings. The van der Waals surface area contributed by atoms with Crippen molar-refractivity contribution in [2.45, 2.75) is 0 Å². The summed E-state index contributed by atoms with van der Waals surface area (Å²) in [5.74, 6) is 0. The highest BCUT2D eigenvalue weighted by atomic mass is 15.2. The van der Waals surface area contributed by atoms with Crippen LogP contribution in [0.2, 0.25) is 0 Å². The molecule has 3 aromatic rings. The van der Waals surface area contributed by atoms with Gasteiger partial charge in [-0.2, -0.15) is 9.69 Å². The van der Waals surface area contributed by atoms with Crippen molar-refractivity contribution in [1.29, 1.82) is 0 Å². The van der Waals surface area contributed by atoms with Crippen LogP contribution in [0.5, 0.6) is 0 Å². The van der Waals surface area contributed by atoms with Gasteiger partial charge in [-0.05, 0) is 11.5 Å². The maximum absolute atomic E-state index is 5.64. The van der Waals surface area contributed by atoms with Gasteiger partial charge in [0.05, 0.1) is 5.39 Å². The summed E-state index contributed by atoms with van der Waals surface area (Å²) >= 11 is 0. The largest absolute Gasteiger partial charge is 0.614 e. The van der Waals surface area contributed by atoms with Crippen molar-refractivity contribution >= 4 is 29.7 Å². The molecule has 2 aromatic carbocycles. The van der Waals surface area contributed by atoms with Gasteiger partial charge in [0.2, 0.25) is 0 Å². The molecular formula is C11H8BN2+. The highest BCUT2D eigenvalue weighted by Gasteiger charge is 2.06. The molecule has 0 spiro atoms. The zero-order chi connectivity index (χ0) is 9.54. The second kappa shape index (κ2) is 2.61. The van der Waals surface area contributed by atoms with Crippen molar-refractivity contribution in [3.8, 4) is 0 Å². The molecule has 0 aliphatic heterocycles. The fraction of sp³-hybridized carbons (Fsp3) is 0. The van der Waals surface area contributed by atoms with Crippen molar-refractivity contribution in [1.82, 2.24) is 5.10 Å². The van der Waals surface area contributed by atoms with Crippen LogP contribution in [0.3, 0.4) is 0 Å². The predicted molar refractivity (Wildman–Crippen MR) is 57.2 cm³/mol. The molecule has 0 bridgehead atoms. The van der Waals surface area contributed by atoms with Gasteiger partial charge < -0.3 is 0 Å². The minimum absolute atomic E-state index is 1.09. The molecule has 1 heterocycles. The Labute approximate surface area is 82.6 Å². The van der Waals surface area contributed by atoms with Crippen molar-refractivity contribution < 1.29 is 4.59 Å². The number of aromatic amines is 1. The summed E-state index contributed by atoms with van der Waals surface area (Å²) < 4.78 is 1.48. The molecule has 3 heteroatoms. The van der Waals surface area contributed by atoms with Crippen LogP contribution in [0.25, 0.3) is 21.7 Å². The first-order valence-corrected chi connectivity index (χ1v) is 4.52. The smallest absolute Gasteiger partial charge is 0.199 e. The van der Waals surface area contributed by atoms with E-state index in [4.69, 9.17) is 7.98 Å². The second-order valence-electron chi connectivity index (χ2n) is 3.40. The van der Waals surface area contributed by atoms with E-state index in [-0.39, 0.29) is 0 Å². The van der Waals surface area contributed by atoms with E-state index >= 15 is 0 Å². The quantitative estimate of drug-likeness (QED) is 0.505. The van der Waals surface area contributed by atoms with Gasteiger partial charge in [0.15, 0.2) is 6.20 Å². The molecule has 0 aliphatic carbocycles. The molecule has 0 atom stereocenters. The van der Waals surface area contributed by atoms with E-state index < -0.39 is 0 Å². The Hall–Kier alpha value is -1.77. The SMILES string of the molecule is [B][n+]1cc2ccc3ccccc3c2[nH]1. The lowest BCUT2D eigenvalue weighted by atomic mass is 10.1. The first kappa shape index (κ1) is 7.62. The highest BCUT2D eigenvalue weighted by Crippen LogP contribution is 2.21. The summed E-state index contributed by atoms with van der Waals surface area (Å²) in [7, 11) is 5.64. The van der Waals surface area contributed by atoms with Gasteiger partial charge in [0.1, 0.15) is 5.52 Å². The fourth-order valence-electron chi connectivity index (χ4n) is 1.83. The lowest BCUT2D eigenvalue weighted by molar-refractivity contribution is -0.583. The number of H-pyrrole nitrogens is 1. The third-order valence-corrected chi connectivity index (χ3v) is 2.48. The summed E-state index contributed by atoms with van der Waals surface area (Å²) in [6.07, 6.45) is 1.88. The molecule has 0 fully saturated rings. The molecular weight excluding hydrogens is 171 g/mol. The molecule has 2 nitrogen and oxygen atoms in total. The Balaban J connectivity index is 2.60. The molecule has 64 valence electrons. The van der Waals surface area contributed by atoms with Gasteiger partial charge in [-0.3, -0.25) is 0 Å². The lowest BCUT2D eigenvalue weighted by Crippen LogP contribution is -2.31. The Morgan fingerprint density at radius 2 is 1.79 bits per heavy atom. The van der Waals surface area contributed by atoms with Gasteiger partial charge in [-0.1, -0.05) is 30.3 Å². The van der Waals surface area contributed by atoms with Crippen LogP contribution in [-0.2, 0) is 0 Å². The summed E-state index contributed by atoms with van der Waals surface area (Å²) in [6, 6.07) is 12.4. The van der Waals surface area contributed by atoms with Crippen LogP contribution < -0.4 is 4.59 Å². The number of benzene rings is 2. The molecule has 0 saturated heterocycles. The number of fused-ring (bicyclic) bond motifs is 3. The normalized spacial score (nSPS) is 11.1. The number of hydrogen-bond donors (Lipinski definition) is 1. The van der Waals surface area contributed by atoms with Gasteiger partial charge in [-0.25, -0.2) is 0 Å². The average Bonchev–Trinajstić information content (AvgIpc) is 2.59. The molecule has 1 N–H and O–H groups in total. The number of aromatic nitrogens is 2. The van der Waals surface area contributed by atoms with Gasteiger partial charge in [0, 0.05) is 5.39 Å². The van der Waals surface area contributed by atoms with E-state index in [1.807, 2.05) is 18.3 Å². The number of rotatable bonds is 0. The third kappa shape index (κ3) is 0.955. The van der Waals surface area contributed by atoms with Crippen LogP contribution in [0, 0.1) is 0 Å².